The third-order valence-electron chi connectivity index (χ3n) is 7.93. The van der Waals surface area contributed by atoms with E-state index in [0.717, 1.165) is 6.07 Å². The molecule has 3 aromatic heterocycles. The Hall–Kier alpha value is -4.25. The number of carbonyl (C=O) groups excluding carboxylic acids is 1. The number of amides is 1. The van der Waals surface area contributed by atoms with Crippen molar-refractivity contribution in [2.24, 2.45) is 0 Å². The third-order valence-corrected chi connectivity index (χ3v) is 8.22. The fraction of sp³-hybridized carbons (Fsp3) is 0.344. The summed E-state index contributed by atoms with van der Waals surface area (Å²) in [6.07, 6.45) is -1.76. The van der Waals surface area contributed by atoms with Crippen LogP contribution in [0.1, 0.15) is 50.4 Å². The Morgan fingerprint density at radius 1 is 1.11 bits per heavy atom. The van der Waals surface area contributed by atoms with Crippen molar-refractivity contribution in [1.29, 1.82) is 0 Å². The van der Waals surface area contributed by atoms with Gasteiger partial charge in [0.1, 0.15) is 5.82 Å². The van der Waals surface area contributed by atoms with Gasteiger partial charge in [0, 0.05) is 36.9 Å². The summed E-state index contributed by atoms with van der Waals surface area (Å²) in [5.41, 5.74) is -0.0157. The molecule has 8 nitrogen and oxygen atoms in total. The van der Waals surface area contributed by atoms with E-state index in [9.17, 15) is 22.8 Å². The number of piperazine rings is 1. The highest BCUT2D eigenvalue weighted by atomic mass is 35.5. The summed E-state index contributed by atoms with van der Waals surface area (Å²) in [6.45, 7) is 13.8. The van der Waals surface area contributed by atoms with Crippen molar-refractivity contribution in [2.75, 3.05) is 18.0 Å². The summed E-state index contributed by atoms with van der Waals surface area (Å²) in [6, 6.07) is 7.81. The number of fused-ring (bicyclic) bond motifs is 1. The van der Waals surface area contributed by atoms with Gasteiger partial charge < -0.3 is 9.80 Å². The molecule has 0 aliphatic carbocycles. The lowest BCUT2D eigenvalue weighted by Gasteiger charge is -2.44. The molecule has 1 aromatic carbocycles. The normalized spacial score (nSPS) is 17.4. The zero-order chi connectivity index (χ0) is 32.1. The van der Waals surface area contributed by atoms with Gasteiger partial charge in [0.05, 0.1) is 33.0 Å². The molecule has 0 spiro atoms. The standard InChI is InChI=1S/C32H32ClF3N6O2/c1-7-25(43)40-15-20(6)41(16-19(40)5)29-22-14-24(33)27(21-10-8-9-11-23(21)32(34,35)36)38-30(22)42(31(44)39-29)28-18(4)12-13-37-26(28)17(2)3/h7-14,17,19-20H,1,15-16H2,2-6H3/t19-,20+/m1/s1. The average Bonchev–Trinajstić information content (AvgIpc) is 2.97. The second-order valence-corrected chi connectivity index (χ2v) is 11.8. The van der Waals surface area contributed by atoms with Crippen LogP contribution in [-0.2, 0) is 11.0 Å². The molecule has 0 radical (unpaired) electrons. The maximum atomic E-state index is 14.1. The number of alkyl halides is 3. The smallest absolute Gasteiger partial charge is 0.349 e. The van der Waals surface area contributed by atoms with Crippen LogP contribution in [0.4, 0.5) is 19.0 Å². The zero-order valence-corrected chi connectivity index (χ0v) is 25.7. The Kier molecular flexibility index (Phi) is 8.28. The number of pyridine rings is 2. The van der Waals surface area contributed by atoms with Crippen LogP contribution in [-0.4, -0.2) is 55.5 Å². The third kappa shape index (κ3) is 5.45. The molecule has 0 bridgehead atoms. The molecule has 12 heteroatoms. The maximum absolute atomic E-state index is 14.1. The molecule has 230 valence electrons. The van der Waals surface area contributed by atoms with E-state index in [4.69, 9.17) is 16.6 Å². The summed E-state index contributed by atoms with van der Waals surface area (Å²) in [5, 5.41) is 0.346. The van der Waals surface area contributed by atoms with Crippen LogP contribution in [0.2, 0.25) is 5.02 Å². The van der Waals surface area contributed by atoms with Gasteiger partial charge in [-0.3, -0.25) is 9.78 Å². The lowest BCUT2D eigenvalue weighted by molar-refractivity contribution is -0.137. The van der Waals surface area contributed by atoms with Crippen LogP contribution >= 0.6 is 11.6 Å². The first kappa shape index (κ1) is 31.2. The van der Waals surface area contributed by atoms with Gasteiger partial charge in [-0.1, -0.05) is 50.2 Å². The van der Waals surface area contributed by atoms with Crippen molar-refractivity contribution in [3.05, 3.63) is 87.6 Å². The molecular weight excluding hydrogens is 593 g/mol. The molecule has 0 N–H and O–H groups in total. The second-order valence-electron chi connectivity index (χ2n) is 11.3. The first-order chi connectivity index (χ1) is 20.7. The van der Waals surface area contributed by atoms with Gasteiger partial charge in [0.15, 0.2) is 5.65 Å². The Morgan fingerprint density at radius 2 is 1.82 bits per heavy atom. The average molecular weight is 625 g/mol. The van der Waals surface area contributed by atoms with E-state index in [0.29, 0.717) is 35.4 Å². The molecule has 4 aromatic rings. The largest absolute Gasteiger partial charge is 0.417 e. The van der Waals surface area contributed by atoms with Crippen LogP contribution in [0.25, 0.3) is 28.0 Å². The van der Waals surface area contributed by atoms with Crippen molar-refractivity contribution >= 4 is 34.4 Å². The van der Waals surface area contributed by atoms with Crippen molar-refractivity contribution in [3.63, 3.8) is 0 Å². The summed E-state index contributed by atoms with van der Waals surface area (Å²) >= 11 is 6.73. The van der Waals surface area contributed by atoms with E-state index in [2.05, 4.69) is 16.5 Å². The van der Waals surface area contributed by atoms with Gasteiger partial charge in [-0.15, -0.1) is 0 Å². The van der Waals surface area contributed by atoms with E-state index in [1.807, 2.05) is 39.5 Å². The van der Waals surface area contributed by atoms with E-state index < -0.39 is 17.4 Å². The van der Waals surface area contributed by atoms with Crippen molar-refractivity contribution < 1.29 is 18.0 Å². The first-order valence-electron chi connectivity index (χ1n) is 14.2. The van der Waals surface area contributed by atoms with Crippen molar-refractivity contribution in [1.82, 2.24) is 24.4 Å². The number of nitrogens with zero attached hydrogens (tertiary/aromatic N) is 6. The highest BCUT2D eigenvalue weighted by molar-refractivity contribution is 6.34. The highest BCUT2D eigenvalue weighted by Crippen LogP contribution is 2.41. The van der Waals surface area contributed by atoms with Crippen LogP contribution in [0.3, 0.4) is 0 Å². The lowest BCUT2D eigenvalue weighted by Crippen LogP contribution is -2.58. The predicted octanol–water partition coefficient (Wildman–Crippen LogP) is 6.56. The number of hydrogen-bond donors (Lipinski definition) is 0. The van der Waals surface area contributed by atoms with Gasteiger partial charge in [0.2, 0.25) is 5.91 Å². The highest BCUT2D eigenvalue weighted by Gasteiger charge is 2.36. The minimum Gasteiger partial charge on any atom is -0.349 e. The number of rotatable bonds is 5. The molecule has 1 saturated heterocycles. The predicted molar refractivity (Wildman–Crippen MR) is 165 cm³/mol. The maximum Gasteiger partial charge on any atom is 0.417 e. The molecule has 1 fully saturated rings. The molecule has 4 heterocycles. The van der Waals surface area contributed by atoms with Crippen LogP contribution in [0, 0.1) is 6.92 Å². The molecule has 44 heavy (non-hydrogen) atoms. The number of aryl methyl sites for hydroxylation is 1. The minimum absolute atomic E-state index is 0.0318. The monoisotopic (exact) mass is 624 g/mol. The van der Waals surface area contributed by atoms with E-state index in [-0.39, 0.29) is 51.7 Å². The van der Waals surface area contributed by atoms with E-state index in [1.54, 1.807) is 17.2 Å². The number of carbonyl (C=O) groups is 1. The Labute approximate surface area is 257 Å². The number of anilines is 1. The number of hydrogen-bond acceptors (Lipinski definition) is 6. The van der Waals surface area contributed by atoms with Gasteiger partial charge >= 0.3 is 11.9 Å². The van der Waals surface area contributed by atoms with Crippen molar-refractivity contribution in [3.8, 4) is 16.9 Å². The lowest BCUT2D eigenvalue weighted by atomic mass is 10.0. The topological polar surface area (TPSA) is 84.2 Å². The molecule has 2 atom stereocenters. The molecule has 5 rings (SSSR count). The number of aromatic nitrogens is 4. The zero-order valence-electron chi connectivity index (χ0n) is 25.0. The number of halogens is 4. The van der Waals surface area contributed by atoms with Gasteiger partial charge in [-0.25, -0.2) is 14.3 Å². The Balaban J connectivity index is 1.85. The van der Waals surface area contributed by atoms with Gasteiger partial charge in [-0.05, 0) is 56.5 Å². The minimum atomic E-state index is -4.67. The Morgan fingerprint density at radius 3 is 2.48 bits per heavy atom. The van der Waals surface area contributed by atoms with E-state index >= 15 is 0 Å². The molecule has 1 aliphatic rings. The van der Waals surface area contributed by atoms with Crippen LogP contribution < -0.4 is 10.6 Å². The first-order valence-corrected chi connectivity index (χ1v) is 14.6. The molecule has 1 amide bonds. The molecular formula is C32H32ClF3N6O2. The fourth-order valence-corrected chi connectivity index (χ4v) is 6.04. The summed E-state index contributed by atoms with van der Waals surface area (Å²) in [7, 11) is 0. The molecule has 0 unspecified atom stereocenters. The van der Waals surface area contributed by atoms with Gasteiger partial charge in [-0.2, -0.15) is 18.2 Å². The van der Waals surface area contributed by atoms with Crippen LogP contribution in [0.5, 0.6) is 0 Å². The quantitative estimate of drug-likeness (QED) is 0.234. The summed E-state index contributed by atoms with van der Waals surface area (Å²) < 4.78 is 43.6. The molecule has 1 aliphatic heterocycles. The number of benzene rings is 1. The van der Waals surface area contributed by atoms with Gasteiger partial charge in [0.25, 0.3) is 0 Å². The molecule has 0 saturated carbocycles. The van der Waals surface area contributed by atoms with Crippen LogP contribution in [0.15, 0.2) is 60.0 Å². The Bertz CT molecular complexity index is 1840. The second kappa shape index (κ2) is 11.7. The van der Waals surface area contributed by atoms with E-state index in [1.165, 1.54) is 34.9 Å². The fourth-order valence-electron chi connectivity index (χ4n) is 5.78. The summed E-state index contributed by atoms with van der Waals surface area (Å²) in [5.74, 6) is -0.0206. The van der Waals surface area contributed by atoms with Crippen molar-refractivity contribution in [2.45, 2.75) is 58.8 Å². The summed E-state index contributed by atoms with van der Waals surface area (Å²) in [4.78, 5) is 43.9. The SMILES string of the molecule is C=CC(=O)N1C[C@H](C)N(c2nc(=O)n(-c3c(C)ccnc3C(C)C)c3nc(-c4ccccc4C(F)(F)F)c(Cl)cc23)C[C@H]1C.